The number of halogens is 1. The molecule has 7 heteroatoms. The molecule has 0 unspecified atom stereocenters. The second-order valence-corrected chi connectivity index (χ2v) is 6.97. The Bertz CT molecular complexity index is 610. The Kier molecular flexibility index (Phi) is 8.03. The van der Waals surface area contributed by atoms with Gasteiger partial charge >= 0.3 is 5.97 Å². The molecule has 0 heterocycles. The van der Waals surface area contributed by atoms with Gasteiger partial charge in [-0.05, 0) is 39.3 Å². The number of unbranched alkanes of at least 4 members (excludes halogenated alkanes) is 1. The Balaban J connectivity index is 2.79. The Morgan fingerprint density at radius 1 is 1.24 bits per heavy atom. The van der Waals surface area contributed by atoms with Crippen LogP contribution in [-0.4, -0.2) is 37.7 Å². The number of methoxy groups -OCH3 is 1. The lowest BCUT2D eigenvalue weighted by Gasteiger charge is -2.20. The van der Waals surface area contributed by atoms with E-state index in [1.165, 1.54) is 19.2 Å². The van der Waals surface area contributed by atoms with Crippen LogP contribution in [0.2, 0.25) is 5.02 Å². The largest absolute Gasteiger partial charge is 0.493 e. The molecule has 1 rings (SSSR count). The van der Waals surface area contributed by atoms with E-state index in [0.717, 1.165) is 12.8 Å². The van der Waals surface area contributed by atoms with E-state index in [4.69, 9.17) is 25.8 Å². The number of esters is 1. The summed E-state index contributed by atoms with van der Waals surface area (Å²) in [4.78, 5) is 23.9. The minimum Gasteiger partial charge on any atom is -0.493 e. The van der Waals surface area contributed by atoms with Gasteiger partial charge in [0.05, 0.1) is 24.3 Å². The molecule has 140 valence electrons. The van der Waals surface area contributed by atoms with Crippen LogP contribution in [0.3, 0.4) is 0 Å². The Hall–Kier alpha value is -1.95. The van der Waals surface area contributed by atoms with Gasteiger partial charge in [-0.25, -0.2) is 4.79 Å². The van der Waals surface area contributed by atoms with E-state index in [2.05, 4.69) is 12.2 Å². The topological polar surface area (TPSA) is 73.9 Å². The summed E-state index contributed by atoms with van der Waals surface area (Å²) in [7, 11) is 1.46. The van der Waals surface area contributed by atoms with Gasteiger partial charge in [0.2, 0.25) is 0 Å². The second kappa shape index (κ2) is 9.51. The van der Waals surface area contributed by atoms with Gasteiger partial charge in [0.1, 0.15) is 0 Å². The Morgan fingerprint density at radius 2 is 1.92 bits per heavy atom. The number of benzene rings is 1. The molecule has 1 amide bonds. The van der Waals surface area contributed by atoms with Crippen molar-refractivity contribution >= 4 is 23.5 Å². The van der Waals surface area contributed by atoms with Crippen molar-refractivity contribution in [1.82, 2.24) is 5.32 Å². The smallest absolute Gasteiger partial charge is 0.338 e. The van der Waals surface area contributed by atoms with Gasteiger partial charge in [0.15, 0.2) is 18.1 Å². The standard InChI is InChI=1S/C18H26ClNO5/c1-6-7-8-24-16-13(19)9-12(10-14(16)23-5)17(22)25-11-15(21)20-18(2,3)4/h9-10H,6-8,11H2,1-5H3,(H,20,21). The summed E-state index contributed by atoms with van der Waals surface area (Å²) < 4.78 is 15.9. The van der Waals surface area contributed by atoms with E-state index in [0.29, 0.717) is 18.1 Å². The molecule has 0 spiro atoms. The van der Waals surface area contributed by atoms with Crippen molar-refractivity contribution in [3.05, 3.63) is 22.7 Å². The van der Waals surface area contributed by atoms with Gasteiger partial charge in [0, 0.05) is 5.54 Å². The maximum atomic E-state index is 12.1. The van der Waals surface area contributed by atoms with Crippen molar-refractivity contribution in [3.63, 3.8) is 0 Å². The molecular formula is C18H26ClNO5. The second-order valence-electron chi connectivity index (χ2n) is 6.57. The van der Waals surface area contributed by atoms with Crippen LogP contribution in [0.5, 0.6) is 11.5 Å². The van der Waals surface area contributed by atoms with Gasteiger partial charge in [-0.15, -0.1) is 0 Å². The van der Waals surface area contributed by atoms with Crippen LogP contribution in [0.25, 0.3) is 0 Å². The minimum atomic E-state index is -0.663. The van der Waals surface area contributed by atoms with E-state index in [9.17, 15) is 9.59 Å². The normalized spacial score (nSPS) is 11.0. The van der Waals surface area contributed by atoms with Crippen molar-refractivity contribution in [1.29, 1.82) is 0 Å². The Morgan fingerprint density at radius 3 is 2.48 bits per heavy atom. The van der Waals surface area contributed by atoms with Gasteiger partial charge in [-0.3, -0.25) is 4.79 Å². The molecule has 0 aliphatic heterocycles. The third kappa shape index (κ3) is 7.22. The van der Waals surface area contributed by atoms with E-state index < -0.39 is 11.5 Å². The summed E-state index contributed by atoms with van der Waals surface area (Å²) >= 11 is 6.19. The third-order valence-electron chi connectivity index (χ3n) is 3.06. The average molecular weight is 372 g/mol. The molecule has 0 fully saturated rings. The fourth-order valence-corrected chi connectivity index (χ4v) is 2.23. The zero-order chi connectivity index (χ0) is 19.0. The lowest BCUT2D eigenvalue weighted by molar-refractivity contribution is -0.125. The summed E-state index contributed by atoms with van der Waals surface area (Å²) in [5, 5.41) is 2.96. The lowest BCUT2D eigenvalue weighted by Crippen LogP contribution is -2.42. The molecule has 0 saturated heterocycles. The van der Waals surface area contributed by atoms with Crippen LogP contribution in [0.15, 0.2) is 12.1 Å². The summed E-state index contributed by atoms with van der Waals surface area (Å²) in [6, 6.07) is 2.92. The van der Waals surface area contributed by atoms with Crippen LogP contribution in [0.4, 0.5) is 0 Å². The molecule has 6 nitrogen and oxygen atoms in total. The van der Waals surface area contributed by atoms with Crippen molar-refractivity contribution in [2.45, 2.75) is 46.1 Å². The third-order valence-corrected chi connectivity index (χ3v) is 3.34. The molecule has 25 heavy (non-hydrogen) atoms. The Labute approximate surface area is 153 Å². The van der Waals surface area contributed by atoms with Crippen molar-refractivity contribution in [2.24, 2.45) is 0 Å². The first-order chi connectivity index (χ1) is 11.7. The summed E-state index contributed by atoms with van der Waals surface area (Å²) in [5.41, 5.74) is -0.207. The van der Waals surface area contributed by atoms with Crippen LogP contribution in [0, 0.1) is 0 Å². The molecule has 0 aliphatic rings. The highest BCUT2D eigenvalue weighted by Gasteiger charge is 2.19. The highest BCUT2D eigenvalue weighted by Crippen LogP contribution is 2.36. The maximum Gasteiger partial charge on any atom is 0.338 e. The van der Waals surface area contributed by atoms with Crippen molar-refractivity contribution < 1.29 is 23.8 Å². The van der Waals surface area contributed by atoms with Gasteiger partial charge in [0.25, 0.3) is 5.91 Å². The molecule has 0 atom stereocenters. The average Bonchev–Trinajstić information content (AvgIpc) is 2.52. The van der Waals surface area contributed by atoms with Crippen LogP contribution in [0.1, 0.15) is 50.9 Å². The van der Waals surface area contributed by atoms with Gasteiger partial charge in [-0.2, -0.15) is 0 Å². The van der Waals surface area contributed by atoms with Crippen LogP contribution >= 0.6 is 11.6 Å². The van der Waals surface area contributed by atoms with E-state index in [1.807, 2.05) is 20.8 Å². The molecule has 1 N–H and O–H groups in total. The summed E-state index contributed by atoms with van der Waals surface area (Å²) in [5.74, 6) is -0.308. The molecule has 0 saturated carbocycles. The molecular weight excluding hydrogens is 346 g/mol. The highest BCUT2D eigenvalue weighted by atomic mass is 35.5. The number of hydrogen-bond donors (Lipinski definition) is 1. The summed E-state index contributed by atoms with van der Waals surface area (Å²) in [6.45, 7) is 7.71. The van der Waals surface area contributed by atoms with Crippen molar-refractivity contribution in [2.75, 3.05) is 20.3 Å². The van der Waals surface area contributed by atoms with Gasteiger partial charge in [-0.1, -0.05) is 24.9 Å². The van der Waals surface area contributed by atoms with E-state index >= 15 is 0 Å². The van der Waals surface area contributed by atoms with Crippen LogP contribution in [-0.2, 0) is 9.53 Å². The van der Waals surface area contributed by atoms with Gasteiger partial charge < -0.3 is 19.5 Å². The molecule has 0 radical (unpaired) electrons. The lowest BCUT2D eigenvalue weighted by atomic mass is 10.1. The minimum absolute atomic E-state index is 0.188. The predicted octanol–water partition coefficient (Wildman–Crippen LogP) is 3.60. The molecule has 0 aliphatic carbocycles. The number of carbonyl (C=O) groups is 2. The SMILES string of the molecule is CCCCOc1c(Cl)cc(C(=O)OCC(=O)NC(C)(C)C)cc1OC. The quantitative estimate of drug-likeness (QED) is 0.558. The zero-order valence-corrected chi connectivity index (χ0v) is 16.2. The number of carbonyl (C=O) groups excluding carboxylic acids is 2. The zero-order valence-electron chi connectivity index (χ0n) is 15.4. The number of hydrogen-bond acceptors (Lipinski definition) is 5. The van der Waals surface area contributed by atoms with Crippen LogP contribution < -0.4 is 14.8 Å². The molecule has 0 bridgehead atoms. The van der Waals surface area contributed by atoms with E-state index in [1.54, 1.807) is 0 Å². The molecule has 0 aromatic heterocycles. The first kappa shape index (κ1) is 21.1. The number of ether oxygens (including phenoxy) is 3. The number of rotatable bonds is 8. The van der Waals surface area contributed by atoms with Crippen molar-refractivity contribution in [3.8, 4) is 11.5 Å². The predicted molar refractivity (Wildman–Crippen MR) is 96.6 cm³/mol. The first-order valence-corrected chi connectivity index (χ1v) is 8.54. The molecule has 1 aromatic rings. The van der Waals surface area contributed by atoms with E-state index in [-0.39, 0.29) is 23.1 Å². The summed E-state index contributed by atoms with van der Waals surface area (Å²) in [6.07, 6.45) is 1.87. The fraction of sp³-hybridized carbons (Fsp3) is 0.556. The highest BCUT2D eigenvalue weighted by molar-refractivity contribution is 6.32. The fourth-order valence-electron chi connectivity index (χ4n) is 1.97. The number of nitrogens with one attached hydrogen (secondary N) is 1. The number of amides is 1. The maximum absolute atomic E-state index is 12.1. The molecule has 1 aromatic carbocycles. The first-order valence-electron chi connectivity index (χ1n) is 8.16. The monoisotopic (exact) mass is 371 g/mol.